The lowest BCUT2D eigenvalue weighted by Crippen LogP contribution is -2.20. The van der Waals surface area contributed by atoms with E-state index in [0.29, 0.717) is 12.8 Å². The number of carbonyl (C=O) groups is 1. The Morgan fingerprint density at radius 3 is 2.95 bits per heavy atom. The van der Waals surface area contributed by atoms with Crippen LogP contribution in [0.15, 0.2) is 4.47 Å². The second-order valence-corrected chi connectivity index (χ2v) is 6.20. The number of aromatic nitrogens is 2. The van der Waals surface area contributed by atoms with Crippen molar-refractivity contribution in [2.75, 3.05) is 6.61 Å². The molecule has 1 aromatic rings. The SMILES string of the molecule is CCn1nc(C)c(Br)c1CC(=O)CCC1CCCCO1. The minimum Gasteiger partial charge on any atom is -0.378 e. The molecule has 0 aliphatic carbocycles. The zero-order valence-electron chi connectivity index (χ0n) is 12.3. The Hall–Kier alpha value is -0.680. The van der Waals surface area contributed by atoms with Crippen molar-refractivity contribution in [2.24, 2.45) is 0 Å². The first-order chi connectivity index (χ1) is 9.61. The summed E-state index contributed by atoms with van der Waals surface area (Å²) < 4.78 is 8.56. The molecule has 2 heterocycles. The molecule has 0 bridgehead atoms. The summed E-state index contributed by atoms with van der Waals surface area (Å²) in [7, 11) is 0. The van der Waals surface area contributed by atoms with Gasteiger partial charge in [0.15, 0.2) is 0 Å². The molecule has 0 N–H and O–H groups in total. The molecule has 1 unspecified atom stereocenters. The Kier molecular flexibility index (Phi) is 5.78. The maximum atomic E-state index is 12.2. The Bertz CT molecular complexity index is 465. The number of nitrogens with zero attached hydrogens (tertiary/aromatic N) is 2. The smallest absolute Gasteiger partial charge is 0.138 e. The number of carbonyl (C=O) groups excluding carboxylic acids is 1. The maximum absolute atomic E-state index is 12.2. The molecule has 112 valence electrons. The van der Waals surface area contributed by atoms with Crippen LogP contribution in [-0.4, -0.2) is 28.3 Å². The minimum absolute atomic E-state index is 0.273. The van der Waals surface area contributed by atoms with Crippen LogP contribution in [0.4, 0.5) is 0 Å². The van der Waals surface area contributed by atoms with Crippen LogP contribution >= 0.6 is 15.9 Å². The summed E-state index contributed by atoms with van der Waals surface area (Å²) in [4.78, 5) is 12.2. The lowest BCUT2D eigenvalue weighted by atomic mass is 10.0. The molecule has 0 spiro atoms. The lowest BCUT2D eigenvalue weighted by Gasteiger charge is -2.22. The maximum Gasteiger partial charge on any atom is 0.138 e. The molecule has 5 heteroatoms. The van der Waals surface area contributed by atoms with Gasteiger partial charge in [0.2, 0.25) is 0 Å². The normalized spacial score (nSPS) is 19.2. The van der Waals surface area contributed by atoms with Gasteiger partial charge in [0.1, 0.15) is 5.78 Å². The Labute approximate surface area is 129 Å². The Morgan fingerprint density at radius 1 is 1.50 bits per heavy atom. The van der Waals surface area contributed by atoms with Crippen molar-refractivity contribution in [3.05, 3.63) is 15.9 Å². The average molecular weight is 343 g/mol. The van der Waals surface area contributed by atoms with Gasteiger partial charge >= 0.3 is 0 Å². The summed E-state index contributed by atoms with van der Waals surface area (Å²) in [6.07, 6.45) is 5.69. The number of hydrogen-bond acceptors (Lipinski definition) is 3. The van der Waals surface area contributed by atoms with Crippen LogP contribution in [0, 0.1) is 6.92 Å². The monoisotopic (exact) mass is 342 g/mol. The fourth-order valence-corrected chi connectivity index (χ4v) is 3.09. The van der Waals surface area contributed by atoms with Crippen molar-refractivity contribution >= 4 is 21.7 Å². The van der Waals surface area contributed by atoms with Gasteiger partial charge in [-0.2, -0.15) is 5.10 Å². The second kappa shape index (κ2) is 7.36. The number of ketones is 1. The van der Waals surface area contributed by atoms with E-state index in [2.05, 4.69) is 21.0 Å². The Balaban J connectivity index is 1.87. The van der Waals surface area contributed by atoms with E-state index in [4.69, 9.17) is 4.74 Å². The third-order valence-corrected chi connectivity index (χ3v) is 4.87. The fraction of sp³-hybridized carbons (Fsp3) is 0.733. The van der Waals surface area contributed by atoms with Gasteiger partial charge in [-0.25, -0.2) is 0 Å². The average Bonchev–Trinajstić information content (AvgIpc) is 2.74. The molecule has 20 heavy (non-hydrogen) atoms. The molecule has 0 aromatic carbocycles. The summed E-state index contributed by atoms with van der Waals surface area (Å²) in [5.41, 5.74) is 1.95. The summed E-state index contributed by atoms with van der Waals surface area (Å²) in [5, 5.41) is 4.42. The van der Waals surface area contributed by atoms with Gasteiger partial charge in [-0.15, -0.1) is 0 Å². The zero-order chi connectivity index (χ0) is 14.5. The summed E-state index contributed by atoms with van der Waals surface area (Å²) in [6.45, 7) is 5.65. The largest absolute Gasteiger partial charge is 0.378 e. The third kappa shape index (κ3) is 3.92. The second-order valence-electron chi connectivity index (χ2n) is 5.40. The highest BCUT2D eigenvalue weighted by molar-refractivity contribution is 9.10. The number of hydrogen-bond donors (Lipinski definition) is 0. The van der Waals surface area contributed by atoms with Crippen LogP contribution in [0.1, 0.15) is 50.4 Å². The van der Waals surface area contributed by atoms with Crippen molar-refractivity contribution < 1.29 is 9.53 Å². The molecule has 0 saturated carbocycles. The van der Waals surface area contributed by atoms with Crippen molar-refractivity contribution in [1.29, 1.82) is 0 Å². The highest BCUT2D eigenvalue weighted by atomic mass is 79.9. The van der Waals surface area contributed by atoms with Crippen LogP contribution in [0.3, 0.4) is 0 Å². The number of Topliss-reactive ketones (excluding diaryl/α,β-unsaturated/α-hetero) is 1. The van der Waals surface area contributed by atoms with Crippen LogP contribution in [0.2, 0.25) is 0 Å². The van der Waals surface area contributed by atoms with Gasteiger partial charge in [-0.3, -0.25) is 9.48 Å². The summed E-state index contributed by atoms with van der Waals surface area (Å²) >= 11 is 3.54. The number of aryl methyl sites for hydroxylation is 2. The molecular formula is C15H23BrN2O2. The molecule has 4 nitrogen and oxygen atoms in total. The summed E-state index contributed by atoms with van der Waals surface area (Å²) in [6, 6.07) is 0. The minimum atomic E-state index is 0.273. The van der Waals surface area contributed by atoms with Gasteiger partial charge in [-0.05, 0) is 55.5 Å². The standard InChI is InChI=1S/C15H23BrN2O2/c1-3-18-14(15(16)11(2)17-18)10-12(19)7-8-13-6-4-5-9-20-13/h13H,3-10H2,1-2H3. The number of rotatable bonds is 6. The van der Waals surface area contributed by atoms with Crippen LogP contribution in [0.25, 0.3) is 0 Å². The van der Waals surface area contributed by atoms with E-state index in [-0.39, 0.29) is 11.9 Å². The van der Waals surface area contributed by atoms with E-state index in [1.54, 1.807) is 0 Å². The fourth-order valence-electron chi connectivity index (χ4n) is 2.67. The van der Waals surface area contributed by atoms with Gasteiger partial charge in [0.25, 0.3) is 0 Å². The van der Waals surface area contributed by atoms with Gasteiger partial charge in [0.05, 0.1) is 22.0 Å². The first kappa shape index (κ1) is 15.7. The van der Waals surface area contributed by atoms with Crippen LogP contribution in [-0.2, 0) is 22.5 Å². The van der Waals surface area contributed by atoms with Crippen molar-refractivity contribution in [3.8, 4) is 0 Å². The predicted molar refractivity (Wildman–Crippen MR) is 81.9 cm³/mol. The molecule has 2 rings (SSSR count). The van der Waals surface area contributed by atoms with E-state index >= 15 is 0 Å². The van der Waals surface area contributed by atoms with Gasteiger partial charge < -0.3 is 4.74 Å². The van der Waals surface area contributed by atoms with E-state index in [1.807, 2.05) is 18.5 Å². The van der Waals surface area contributed by atoms with E-state index in [9.17, 15) is 4.79 Å². The molecule has 1 atom stereocenters. The van der Waals surface area contributed by atoms with Crippen molar-refractivity contribution in [3.63, 3.8) is 0 Å². The molecule has 1 saturated heterocycles. The van der Waals surface area contributed by atoms with Crippen LogP contribution in [0.5, 0.6) is 0 Å². The number of halogens is 1. The van der Waals surface area contributed by atoms with Crippen molar-refractivity contribution in [1.82, 2.24) is 9.78 Å². The van der Waals surface area contributed by atoms with E-state index in [0.717, 1.165) is 48.3 Å². The Morgan fingerprint density at radius 2 is 2.30 bits per heavy atom. The number of ether oxygens (including phenoxy) is 1. The first-order valence-electron chi connectivity index (χ1n) is 7.47. The van der Waals surface area contributed by atoms with E-state index < -0.39 is 0 Å². The molecule has 0 amide bonds. The molecule has 1 aliphatic rings. The quantitative estimate of drug-likeness (QED) is 0.795. The van der Waals surface area contributed by atoms with Crippen LogP contribution < -0.4 is 0 Å². The molecule has 0 radical (unpaired) electrons. The molecular weight excluding hydrogens is 320 g/mol. The first-order valence-corrected chi connectivity index (χ1v) is 8.26. The topological polar surface area (TPSA) is 44.1 Å². The van der Waals surface area contributed by atoms with Gasteiger partial charge in [0, 0.05) is 26.0 Å². The van der Waals surface area contributed by atoms with E-state index in [1.165, 1.54) is 6.42 Å². The summed E-state index contributed by atoms with van der Waals surface area (Å²) in [5.74, 6) is 0.273. The zero-order valence-corrected chi connectivity index (χ0v) is 13.9. The highest BCUT2D eigenvalue weighted by Gasteiger charge is 2.18. The highest BCUT2D eigenvalue weighted by Crippen LogP contribution is 2.23. The van der Waals surface area contributed by atoms with Gasteiger partial charge in [-0.1, -0.05) is 0 Å². The lowest BCUT2D eigenvalue weighted by molar-refractivity contribution is -0.119. The third-order valence-electron chi connectivity index (χ3n) is 3.84. The molecule has 1 aliphatic heterocycles. The molecule has 1 fully saturated rings. The predicted octanol–water partition coefficient (Wildman–Crippen LogP) is 3.43. The van der Waals surface area contributed by atoms with Crippen molar-refractivity contribution in [2.45, 2.75) is 65.0 Å². The molecule has 1 aromatic heterocycles.